The van der Waals surface area contributed by atoms with E-state index in [2.05, 4.69) is 4.98 Å². The van der Waals surface area contributed by atoms with E-state index in [0.29, 0.717) is 45.3 Å². The fourth-order valence-corrected chi connectivity index (χ4v) is 3.93. The third-order valence-electron chi connectivity index (χ3n) is 5.51. The number of aliphatic hydroxyl groups is 1. The maximum Gasteiger partial charge on any atom is 0.308 e. The number of fused-ring (bicyclic) bond motifs is 1. The zero-order valence-corrected chi connectivity index (χ0v) is 16.2. The van der Waals surface area contributed by atoms with Crippen LogP contribution in [0.25, 0.3) is 10.9 Å². The minimum Gasteiger partial charge on any atom is -0.494 e. The van der Waals surface area contributed by atoms with Crippen molar-refractivity contribution in [2.45, 2.75) is 58.0 Å². The van der Waals surface area contributed by atoms with Crippen LogP contribution in [0.5, 0.6) is 5.75 Å². The number of aryl methyl sites for hydroxylation is 1. The lowest BCUT2D eigenvalue weighted by molar-refractivity contribution is -0.151. The number of carbonyl (C=O) groups excluding carboxylic acids is 1. The van der Waals surface area contributed by atoms with E-state index in [0.717, 1.165) is 23.1 Å². The summed E-state index contributed by atoms with van der Waals surface area (Å²) < 4.78 is 10.7. The lowest BCUT2D eigenvalue weighted by atomic mass is 9.76. The van der Waals surface area contributed by atoms with Gasteiger partial charge in [-0.2, -0.15) is 0 Å². The fraction of sp³-hybridized carbons (Fsp3) is 0.545. The molecule has 0 atom stereocenters. The Morgan fingerprint density at radius 1 is 1.22 bits per heavy atom. The average Bonchev–Trinajstić information content (AvgIpc) is 2.67. The van der Waals surface area contributed by atoms with E-state index in [-0.39, 0.29) is 11.9 Å². The second-order valence-corrected chi connectivity index (χ2v) is 7.33. The summed E-state index contributed by atoms with van der Waals surface area (Å²) in [6, 6.07) is 7.96. The molecule has 27 heavy (non-hydrogen) atoms. The first-order valence-corrected chi connectivity index (χ1v) is 9.94. The Labute approximate surface area is 160 Å². The molecule has 1 aliphatic carbocycles. The van der Waals surface area contributed by atoms with Crippen LogP contribution in [0.1, 0.15) is 51.5 Å². The molecule has 5 nitrogen and oxygen atoms in total. The van der Waals surface area contributed by atoms with Gasteiger partial charge in [0, 0.05) is 11.6 Å². The van der Waals surface area contributed by atoms with Gasteiger partial charge in [0.25, 0.3) is 0 Å². The highest BCUT2D eigenvalue weighted by molar-refractivity contribution is 5.83. The molecule has 1 aromatic carbocycles. The van der Waals surface area contributed by atoms with E-state index in [4.69, 9.17) is 9.47 Å². The van der Waals surface area contributed by atoms with Gasteiger partial charge in [-0.05, 0) is 82.2 Å². The van der Waals surface area contributed by atoms with Gasteiger partial charge < -0.3 is 14.6 Å². The van der Waals surface area contributed by atoms with E-state index in [1.165, 1.54) is 5.56 Å². The van der Waals surface area contributed by atoms with Gasteiger partial charge in [0.15, 0.2) is 0 Å². The van der Waals surface area contributed by atoms with Crippen LogP contribution in [0.3, 0.4) is 0 Å². The summed E-state index contributed by atoms with van der Waals surface area (Å²) in [7, 11) is 0. The van der Waals surface area contributed by atoms with Crippen LogP contribution in [-0.4, -0.2) is 34.9 Å². The molecule has 1 heterocycles. The average molecular weight is 371 g/mol. The Balaban J connectivity index is 1.66. The monoisotopic (exact) mass is 371 g/mol. The molecule has 0 unspecified atom stereocenters. The molecule has 3 rings (SSSR count). The van der Waals surface area contributed by atoms with E-state index >= 15 is 0 Å². The van der Waals surface area contributed by atoms with Gasteiger partial charge in [-0.15, -0.1) is 0 Å². The molecule has 5 heteroatoms. The van der Waals surface area contributed by atoms with E-state index in [9.17, 15) is 9.90 Å². The minimum absolute atomic E-state index is 0.0688. The first-order chi connectivity index (χ1) is 13.0. The summed E-state index contributed by atoms with van der Waals surface area (Å²) in [4.78, 5) is 16.3. The summed E-state index contributed by atoms with van der Waals surface area (Å²) in [5, 5.41) is 12.1. The van der Waals surface area contributed by atoms with Crippen LogP contribution in [-0.2, 0) is 16.0 Å². The topological polar surface area (TPSA) is 68.7 Å². The van der Waals surface area contributed by atoms with Crippen molar-refractivity contribution in [1.82, 2.24) is 4.98 Å². The lowest BCUT2D eigenvalue weighted by Crippen LogP contribution is -2.37. The molecule has 0 bridgehead atoms. The third kappa shape index (κ3) is 4.78. The highest BCUT2D eigenvalue weighted by Crippen LogP contribution is 2.36. The van der Waals surface area contributed by atoms with Crippen molar-refractivity contribution in [3.8, 4) is 5.75 Å². The Kier molecular flexibility index (Phi) is 6.32. The van der Waals surface area contributed by atoms with Crippen molar-refractivity contribution in [2.24, 2.45) is 5.92 Å². The number of ether oxygens (including phenoxy) is 2. The van der Waals surface area contributed by atoms with Crippen LogP contribution in [0.2, 0.25) is 0 Å². The van der Waals surface area contributed by atoms with Crippen molar-refractivity contribution in [2.75, 3.05) is 13.2 Å². The summed E-state index contributed by atoms with van der Waals surface area (Å²) >= 11 is 0. The molecule has 1 fully saturated rings. The van der Waals surface area contributed by atoms with Crippen LogP contribution < -0.4 is 4.74 Å². The molecule has 0 saturated heterocycles. The van der Waals surface area contributed by atoms with Crippen molar-refractivity contribution in [1.29, 1.82) is 0 Å². The van der Waals surface area contributed by atoms with Crippen LogP contribution >= 0.6 is 0 Å². The van der Waals surface area contributed by atoms with Gasteiger partial charge in [-0.25, -0.2) is 0 Å². The largest absolute Gasteiger partial charge is 0.494 e. The molecule has 0 amide bonds. The molecular weight excluding hydrogens is 342 g/mol. The molecule has 2 aromatic rings. The fourth-order valence-electron chi connectivity index (χ4n) is 3.93. The molecule has 0 spiro atoms. The van der Waals surface area contributed by atoms with Gasteiger partial charge in [0.05, 0.1) is 30.2 Å². The summed E-state index contributed by atoms with van der Waals surface area (Å²) in [5.41, 5.74) is 1.40. The van der Waals surface area contributed by atoms with Crippen LogP contribution in [0.4, 0.5) is 0 Å². The predicted octanol–water partition coefficient (Wildman–Crippen LogP) is 4.05. The van der Waals surface area contributed by atoms with Gasteiger partial charge in [-0.1, -0.05) is 0 Å². The standard InChI is InChI=1S/C22H29NO4/c1-3-26-18-5-6-20-19(15-18)16(10-14-23-20)7-11-22(25)12-8-17(9-13-22)21(24)27-4-2/h5-6,10,14-15,17,25H,3-4,7-9,11-13H2,1-2H3/t17-,22-. The zero-order valence-electron chi connectivity index (χ0n) is 16.2. The third-order valence-corrected chi connectivity index (χ3v) is 5.51. The number of hydrogen-bond donors (Lipinski definition) is 1. The molecule has 1 saturated carbocycles. The number of esters is 1. The van der Waals surface area contributed by atoms with Gasteiger partial charge in [0.2, 0.25) is 0 Å². The maximum absolute atomic E-state index is 11.9. The number of benzene rings is 1. The number of aromatic nitrogens is 1. The molecule has 0 aliphatic heterocycles. The molecule has 1 N–H and O–H groups in total. The first-order valence-electron chi connectivity index (χ1n) is 9.94. The number of carbonyl (C=O) groups is 1. The Bertz CT molecular complexity index is 781. The number of hydrogen-bond acceptors (Lipinski definition) is 5. The quantitative estimate of drug-likeness (QED) is 0.744. The maximum atomic E-state index is 11.9. The number of rotatable bonds is 7. The van der Waals surface area contributed by atoms with Gasteiger partial charge in [-0.3, -0.25) is 9.78 Å². The van der Waals surface area contributed by atoms with E-state index in [1.54, 1.807) is 0 Å². The molecule has 146 valence electrons. The Hall–Kier alpha value is -2.14. The smallest absolute Gasteiger partial charge is 0.308 e. The second-order valence-electron chi connectivity index (χ2n) is 7.33. The van der Waals surface area contributed by atoms with Crippen molar-refractivity contribution in [3.05, 3.63) is 36.0 Å². The van der Waals surface area contributed by atoms with E-state index in [1.807, 2.05) is 44.3 Å². The molecular formula is C22H29NO4. The molecule has 1 aromatic heterocycles. The molecule has 1 aliphatic rings. The normalized spacial score (nSPS) is 22.6. The van der Waals surface area contributed by atoms with Crippen molar-refractivity contribution < 1.29 is 19.4 Å². The SMILES string of the molecule is CCOc1ccc2nccc(CC[C@]3(O)CC[C@H](C(=O)OCC)CC3)c2c1. The second kappa shape index (κ2) is 8.70. The van der Waals surface area contributed by atoms with E-state index < -0.39 is 5.60 Å². The van der Waals surface area contributed by atoms with Crippen LogP contribution in [0, 0.1) is 5.92 Å². The van der Waals surface area contributed by atoms with Gasteiger partial charge in [0.1, 0.15) is 5.75 Å². The van der Waals surface area contributed by atoms with Crippen molar-refractivity contribution >= 4 is 16.9 Å². The summed E-state index contributed by atoms with van der Waals surface area (Å²) in [6.45, 7) is 4.84. The summed E-state index contributed by atoms with van der Waals surface area (Å²) in [5.74, 6) is 0.650. The summed E-state index contributed by atoms with van der Waals surface area (Å²) in [6.07, 6.45) is 5.95. The zero-order chi connectivity index (χ0) is 19.3. The lowest BCUT2D eigenvalue weighted by Gasteiger charge is -2.35. The number of pyridine rings is 1. The van der Waals surface area contributed by atoms with Gasteiger partial charge >= 0.3 is 5.97 Å². The highest BCUT2D eigenvalue weighted by atomic mass is 16.5. The highest BCUT2D eigenvalue weighted by Gasteiger charge is 2.36. The Morgan fingerprint density at radius 2 is 2.00 bits per heavy atom. The minimum atomic E-state index is -0.712. The Morgan fingerprint density at radius 3 is 2.70 bits per heavy atom. The number of nitrogens with zero attached hydrogens (tertiary/aromatic N) is 1. The predicted molar refractivity (Wildman–Crippen MR) is 105 cm³/mol. The van der Waals surface area contributed by atoms with Crippen molar-refractivity contribution in [3.63, 3.8) is 0 Å². The first kappa shape index (κ1) is 19.6. The van der Waals surface area contributed by atoms with Crippen LogP contribution in [0.15, 0.2) is 30.5 Å². The molecule has 0 radical (unpaired) electrons.